The highest BCUT2D eigenvalue weighted by Gasteiger charge is 2.32. The standard InChI is InChI=1S/C21H23N7O2/c1-14-8-10-28(30-21(29)26-16-5-3-15(11-22)4-6-16)12-18(14)27(2)20-17-7-9-23-19(17)24-13-25-20/h3-7,9,13-14,18H,8,10,12H2,1-2H3,(H,26,29)(H,23,24,25). The number of likely N-dealkylation sites (N-methyl/N-ethyl adjacent to an activating group) is 1. The lowest BCUT2D eigenvalue weighted by Crippen LogP contribution is -2.51. The van der Waals surface area contributed by atoms with Crippen LogP contribution >= 0.6 is 0 Å². The van der Waals surface area contributed by atoms with Gasteiger partial charge in [0.25, 0.3) is 0 Å². The van der Waals surface area contributed by atoms with Crippen molar-refractivity contribution in [2.45, 2.75) is 19.4 Å². The maximum absolute atomic E-state index is 12.3. The summed E-state index contributed by atoms with van der Waals surface area (Å²) in [7, 11) is 2.01. The molecular formula is C21H23N7O2. The van der Waals surface area contributed by atoms with Gasteiger partial charge in [-0.25, -0.2) is 14.8 Å². The van der Waals surface area contributed by atoms with Crippen molar-refractivity contribution in [1.29, 1.82) is 5.26 Å². The van der Waals surface area contributed by atoms with Crippen LogP contribution in [0.3, 0.4) is 0 Å². The van der Waals surface area contributed by atoms with Crippen LogP contribution in [0, 0.1) is 17.2 Å². The van der Waals surface area contributed by atoms with Crippen molar-refractivity contribution in [1.82, 2.24) is 20.0 Å². The van der Waals surface area contributed by atoms with Crippen molar-refractivity contribution in [2.75, 3.05) is 30.4 Å². The van der Waals surface area contributed by atoms with Crippen LogP contribution in [0.15, 0.2) is 42.9 Å². The number of nitrogens with one attached hydrogen (secondary N) is 2. The lowest BCUT2D eigenvalue weighted by atomic mass is 9.93. The van der Waals surface area contributed by atoms with Gasteiger partial charge in [-0.15, -0.1) is 5.06 Å². The highest BCUT2D eigenvalue weighted by molar-refractivity contribution is 5.87. The number of carbonyl (C=O) groups excluding carboxylic acids is 1. The van der Waals surface area contributed by atoms with Crippen LogP contribution in [0.1, 0.15) is 18.9 Å². The lowest BCUT2D eigenvalue weighted by molar-refractivity contribution is -0.117. The van der Waals surface area contributed by atoms with E-state index < -0.39 is 6.09 Å². The molecular weight excluding hydrogens is 382 g/mol. The number of nitrogens with zero attached hydrogens (tertiary/aromatic N) is 5. The number of carbonyl (C=O) groups is 1. The number of hydroxylamine groups is 2. The minimum atomic E-state index is -0.550. The van der Waals surface area contributed by atoms with Crippen LogP contribution in [-0.4, -0.2) is 52.3 Å². The first-order valence-electron chi connectivity index (χ1n) is 9.80. The molecule has 2 N–H and O–H groups in total. The molecule has 3 heterocycles. The van der Waals surface area contributed by atoms with Crippen LogP contribution in [0.5, 0.6) is 0 Å². The third kappa shape index (κ3) is 4.04. The van der Waals surface area contributed by atoms with Crippen molar-refractivity contribution < 1.29 is 9.63 Å². The second-order valence-corrected chi connectivity index (χ2v) is 7.46. The summed E-state index contributed by atoms with van der Waals surface area (Å²) in [6.07, 6.45) is 3.74. The number of piperidine rings is 1. The summed E-state index contributed by atoms with van der Waals surface area (Å²) in [6, 6.07) is 10.8. The van der Waals surface area contributed by atoms with E-state index in [9.17, 15) is 4.79 Å². The number of H-pyrrole nitrogens is 1. The summed E-state index contributed by atoms with van der Waals surface area (Å²) in [5.74, 6) is 1.25. The molecule has 30 heavy (non-hydrogen) atoms. The lowest BCUT2D eigenvalue weighted by Gasteiger charge is -2.40. The van der Waals surface area contributed by atoms with E-state index in [4.69, 9.17) is 10.1 Å². The summed E-state index contributed by atoms with van der Waals surface area (Å²) < 4.78 is 0. The number of anilines is 2. The number of benzene rings is 1. The molecule has 1 fully saturated rings. The number of hydrogen-bond acceptors (Lipinski definition) is 7. The van der Waals surface area contributed by atoms with Gasteiger partial charge >= 0.3 is 6.09 Å². The molecule has 0 aliphatic carbocycles. The monoisotopic (exact) mass is 405 g/mol. The third-order valence-corrected chi connectivity index (χ3v) is 5.52. The van der Waals surface area contributed by atoms with Crippen LogP contribution in [0.25, 0.3) is 11.0 Å². The molecule has 1 saturated heterocycles. The molecule has 1 aliphatic heterocycles. The molecule has 0 radical (unpaired) electrons. The number of aromatic amines is 1. The minimum Gasteiger partial charge on any atom is -0.354 e. The largest absolute Gasteiger partial charge is 0.430 e. The van der Waals surface area contributed by atoms with Gasteiger partial charge in [-0.3, -0.25) is 5.32 Å². The van der Waals surface area contributed by atoms with E-state index in [-0.39, 0.29) is 6.04 Å². The zero-order chi connectivity index (χ0) is 21.1. The smallest absolute Gasteiger partial charge is 0.354 e. The average molecular weight is 405 g/mol. The molecule has 2 unspecified atom stereocenters. The predicted octanol–water partition coefficient (Wildman–Crippen LogP) is 3.14. The molecule has 9 heteroatoms. The molecule has 0 saturated carbocycles. The summed E-state index contributed by atoms with van der Waals surface area (Å²) in [4.78, 5) is 31.8. The highest BCUT2D eigenvalue weighted by Crippen LogP contribution is 2.28. The molecule has 0 bridgehead atoms. The Morgan fingerprint density at radius 3 is 2.90 bits per heavy atom. The van der Waals surface area contributed by atoms with Crippen LogP contribution in [0.2, 0.25) is 0 Å². The first kappa shape index (κ1) is 19.7. The van der Waals surface area contributed by atoms with Gasteiger partial charge in [0.2, 0.25) is 0 Å². The number of amides is 1. The maximum Gasteiger partial charge on any atom is 0.430 e. The molecule has 154 valence electrons. The van der Waals surface area contributed by atoms with Crippen molar-refractivity contribution in [3.05, 3.63) is 48.4 Å². The molecule has 9 nitrogen and oxygen atoms in total. The zero-order valence-corrected chi connectivity index (χ0v) is 16.9. The number of nitriles is 1. The third-order valence-electron chi connectivity index (χ3n) is 5.52. The molecule has 2 atom stereocenters. The summed E-state index contributed by atoms with van der Waals surface area (Å²) in [5.41, 5.74) is 1.91. The van der Waals surface area contributed by atoms with Crippen LogP contribution < -0.4 is 10.2 Å². The second-order valence-electron chi connectivity index (χ2n) is 7.46. The predicted molar refractivity (Wildman–Crippen MR) is 113 cm³/mol. The Bertz CT molecular complexity index is 1070. The molecule has 1 aromatic carbocycles. The first-order chi connectivity index (χ1) is 14.5. The highest BCUT2D eigenvalue weighted by atomic mass is 16.7. The molecule has 2 aromatic heterocycles. The van der Waals surface area contributed by atoms with Crippen LogP contribution in [-0.2, 0) is 4.84 Å². The van der Waals surface area contributed by atoms with Gasteiger partial charge in [-0.1, -0.05) is 6.92 Å². The van der Waals surface area contributed by atoms with Crippen molar-refractivity contribution in [3.63, 3.8) is 0 Å². The van der Waals surface area contributed by atoms with Gasteiger partial charge < -0.3 is 14.7 Å². The molecule has 1 amide bonds. The van der Waals surface area contributed by atoms with E-state index in [0.717, 1.165) is 23.3 Å². The Hall–Kier alpha value is -3.64. The first-order valence-corrected chi connectivity index (χ1v) is 9.80. The Morgan fingerprint density at radius 2 is 2.13 bits per heavy atom. The number of hydrogen-bond donors (Lipinski definition) is 2. The normalized spacial score (nSPS) is 19.2. The van der Waals surface area contributed by atoms with Gasteiger partial charge in [0.15, 0.2) is 0 Å². The van der Waals surface area contributed by atoms with Crippen molar-refractivity contribution in [3.8, 4) is 6.07 Å². The maximum atomic E-state index is 12.3. The summed E-state index contributed by atoms with van der Waals surface area (Å²) in [5, 5.41) is 14.2. The molecule has 4 rings (SSSR count). The number of fused-ring (bicyclic) bond motifs is 1. The fraction of sp³-hybridized carbons (Fsp3) is 0.333. The average Bonchev–Trinajstić information content (AvgIpc) is 3.24. The summed E-state index contributed by atoms with van der Waals surface area (Å²) >= 11 is 0. The van der Waals surface area contributed by atoms with E-state index in [1.54, 1.807) is 35.7 Å². The number of aromatic nitrogens is 3. The van der Waals surface area contributed by atoms with Gasteiger partial charge in [-0.2, -0.15) is 5.26 Å². The Balaban J connectivity index is 1.42. The van der Waals surface area contributed by atoms with Crippen molar-refractivity contribution in [2.24, 2.45) is 5.92 Å². The van der Waals surface area contributed by atoms with E-state index in [2.05, 4.69) is 32.1 Å². The van der Waals surface area contributed by atoms with E-state index in [0.29, 0.717) is 30.3 Å². The molecule has 1 aliphatic rings. The van der Waals surface area contributed by atoms with Gasteiger partial charge in [-0.05, 0) is 42.7 Å². The minimum absolute atomic E-state index is 0.120. The van der Waals surface area contributed by atoms with E-state index in [1.165, 1.54) is 0 Å². The quantitative estimate of drug-likeness (QED) is 0.686. The van der Waals surface area contributed by atoms with Gasteiger partial charge in [0.05, 0.1) is 23.6 Å². The van der Waals surface area contributed by atoms with Gasteiger partial charge in [0, 0.05) is 31.5 Å². The SMILES string of the molecule is CC1CCN(OC(=O)Nc2ccc(C#N)cc2)CC1N(C)c1ncnc2[nH]ccc12. The van der Waals surface area contributed by atoms with Crippen molar-refractivity contribution >= 4 is 28.6 Å². The zero-order valence-electron chi connectivity index (χ0n) is 16.9. The Labute approximate surface area is 174 Å². The number of rotatable bonds is 4. The fourth-order valence-electron chi connectivity index (χ4n) is 3.79. The topological polar surface area (TPSA) is 110 Å². The van der Waals surface area contributed by atoms with Crippen LogP contribution in [0.4, 0.5) is 16.3 Å². The fourth-order valence-corrected chi connectivity index (χ4v) is 3.79. The Kier molecular flexibility index (Phi) is 5.50. The van der Waals surface area contributed by atoms with E-state index >= 15 is 0 Å². The molecule has 3 aromatic rings. The van der Waals surface area contributed by atoms with E-state index in [1.807, 2.05) is 25.4 Å². The Morgan fingerprint density at radius 1 is 1.33 bits per heavy atom. The van der Waals surface area contributed by atoms with Gasteiger partial charge in [0.1, 0.15) is 17.8 Å². The molecule has 0 spiro atoms. The summed E-state index contributed by atoms with van der Waals surface area (Å²) in [6.45, 7) is 3.43. The second kappa shape index (κ2) is 8.39.